The van der Waals surface area contributed by atoms with Crippen LogP contribution in [0.2, 0.25) is 0 Å². The third kappa shape index (κ3) is 6.45. The molecule has 0 atom stereocenters. The topological polar surface area (TPSA) is 61.9 Å². The lowest BCUT2D eigenvalue weighted by Gasteiger charge is -2.36. The van der Waals surface area contributed by atoms with Gasteiger partial charge >= 0.3 is 0 Å². The number of piperazine rings is 1. The number of unbranched alkanes of at least 4 members (excludes halogenated alkanes) is 1. The van der Waals surface area contributed by atoms with Gasteiger partial charge in [0.05, 0.1) is 6.61 Å². The lowest BCUT2D eigenvalue weighted by molar-refractivity contribution is 0.0746. The standard InChI is InChI=1S/C30H35N3O3/c1-3-5-22-36-28-16-10-24(11-17-28)29(34)31-26-12-14-27(15-13-26)32-18-20-33(21-19-32)30(35)25-8-6-23(4-2)7-9-25/h6-17H,3-5,18-22H2,1-2H3,(H,31,34). The molecule has 1 saturated heterocycles. The molecule has 1 fully saturated rings. The summed E-state index contributed by atoms with van der Waals surface area (Å²) >= 11 is 0. The molecule has 0 aliphatic carbocycles. The number of benzene rings is 3. The minimum atomic E-state index is -0.151. The minimum Gasteiger partial charge on any atom is -0.494 e. The molecule has 1 heterocycles. The molecule has 1 N–H and O–H groups in total. The van der Waals surface area contributed by atoms with Crippen molar-refractivity contribution in [1.29, 1.82) is 0 Å². The maximum Gasteiger partial charge on any atom is 0.255 e. The summed E-state index contributed by atoms with van der Waals surface area (Å²) in [5.74, 6) is 0.721. The Hall–Kier alpha value is -3.80. The smallest absolute Gasteiger partial charge is 0.255 e. The van der Waals surface area contributed by atoms with Crippen LogP contribution in [0.25, 0.3) is 0 Å². The second-order valence-electron chi connectivity index (χ2n) is 9.06. The Morgan fingerprint density at radius 3 is 2.06 bits per heavy atom. The molecule has 2 amide bonds. The van der Waals surface area contributed by atoms with Crippen molar-refractivity contribution >= 4 is 23.2 Å². The summed E-state index contributed by atoms with van der Waals surface area (Å²) in [6.07, 6.45) is 3.07. The van der Waals surface area contributed by atoms with E-state index < -0.39 is 0 Å². The number of amides is 2. The van der Waals surface area contributed by atoms with E-state index in [-0.39, 0.29) is 11.8 Å². The molecule has 0 saturated carbocycles. The Morgan fingerprint density at radius 1 is 0.806 bits per heavy atom. The van der Waals surface area contributed by atoms with E-state index in [1.54, 1.807) is 12.1 Å². The number of rotatable bonds is 9. The van der Waals surface area contributed by atoms with Crippen molar-refractivity contribution in [3.05, 3.63) is 89.5 Å². The zero-order valence-corrected chi connectivity index (χ0v) is 21.2. The second-order valence-corrected chi connectivity index (χ2v) is 9.06. The average molecular weight is 486 g/mol. The van der Waals surface area contributed by atoms with Crippen molar-refractivity contribution in [2.75, 3.05) is 43.0 Å². The number of carbonyl (C=O) groups is 2. The maximum atomic E-state index is 12.8. The number of nitrogens with one attached hydrogen (secondary N) is 1. The fourth-order valence-corrected chi connectivity index (χ4v) is 4.23. The third-order valence-corrected chi connectivity index (χ3v) is 6.55. The number of hydrogen-bond donors (Lipinski definition) is 1. The molecule has 0 radical (unpaired) electrons. The lowest BCUT2D eigenvalue weighted by Crippen LogP contribution is -2.48. The van der Waals surface area contributed by atoms with E-state index in [4.69, 9.17) is 4.74 Å². The normalized spacial score (nSPS) is 13.4. The number of aryl methyl sites for hydroxylation is 1. The molecule has 0 spiro atoms. The van der Waals surface area contributed by atoms with Crippen molar-refractivity contribution < 1.29 is 14.3 Å². The van der Waals surface area contributed by atoms with Crippen molar-refractivity contribution in [2.24, 2.45) is 0 Å². The van der Waals surface area contributed by atoms with Crippen molar-refractivity contribution in [3.8, 4) is 5.75 Å². The van der Waals surface area contributed by atoms with Gasteiger partial charge in [-0.25, -0.2) is 0 Å². The van der Waals surface area contributed by atoms with Gasteiger partial charge in [0.2, 0.25) is 0 Å². The molecule has 3 aromatic rings. The van der Waals surface area contributed by atoms with E-state index in [2.05, 4.69) is 24.1 Å². The van der Waals surface area contributed by atoms with Crippen LogP contribution in [0.15, 0.2) is 72.8 Å². The predicted molar refractivity (Wildman–Crippen MR) is 145 cm³/mol. The summed E-state index contributed by atoms with van der Waals surface area (Å²) in [6.45, 7) is 7.84. The van der Waals surface area contributed by atoms with E-state index in [1.165, 1.54) is 5.56 Å². The van der Waals surface area contributed by atoms with Gasteiger partial charge in [-0.1, -0.05) is 32.4 Å². The van der Waals surface area contributed by atoms with Gasteiger partial charge in [-0.05, 0) is 79.1 Å². The molecule has 6 nitrogen and oxygen atoms in total. The highest BCUT2D eigenvalue weighted by atomic mass is 16.5. The van der Waals surface area contributed by atoms with Crippen LogP contribution in [-0.4, -0.2) is 49.5 Å². The van der Waals surface area contributed by atoms with E-state index in [1.807, 2.05) is 65.6 Å². The maximum absolute atomic E-state index is 12.8. The van der Waals surface area contributed by atoms with E-state index in [0.29, 0.717) is 25.3 Å². The Kier molecular flexibility index (Phi) is 8.61. The first kappa shape index (κ1) is 25.3. The summed E-state index contributed by atoms with van der Waals surface area (Å²) < 4.78 is 5.66. The highest BCUT2D eigenvalue weighted by molar-refractivity contribution is 6.04. The molecule has 6 heteroatoms. The van der Waals surface area contributed by atoms with Crippen LogP contribution < -0.4 is 15.0 Å². The first-order chi connectivity index (χ1) is 17.6. The highest BCUT2D eigenvalue weighted by Crippen LogP contribution is 2.21. The molecule has 4 rings (SSSR count). The van der Waals surface area contributed by atoms with Gasteiger partial charge in [-0.2, -0.15) is 0 Å². The molecule has 36 heavy (non-hydrogen) atoms. The molecule has 188 valence electrons. The van der Waals surface area contributed by atoms with Gasteiger partial charge < -0.3 is 19.9 Å². The number of carbonyl (C=O) groups excluding carboxylic acids is 2. The predicted octanol–water partition coefficient (Wildman–Crippen LogP) is 5.64. The number of nitrogens with zero attached hydrogens (tertiary/aromatic N) is 2. The van der Waals surface area contributed by atoms with Gasteiger partial charge in [-0.3, -0.25) is 9.59 Å². The van der Waals surface area contributed by atoms with Crippen LogP contribution >= 0.6 is 0 Å². The van der Waals surface area contributed by atoms with E-state index in [0.717, 1.165) is 55.0 Å². The van der Waals surface area contributed by atoms with Gasteiger partial charge in [-0.15, -0.1) is 0 Å². The average Bonchev–Trinajstić information content (AvgIpc) is 2.94. The largest absolute Gasteiger partial charge is 0.494 e. The summed E-state index contributed by atoms with van der Waals surface area (Å²) in [5.41, 5.74) is 4.41. The van der Waals surface area contributed by atoms with Crippen LogP contribution in [0.4, 0.5) is 11.4 Å². The monoisotopic (exact) mass is 485 g/mol. The summed E-state index contributed by atoms with van der Waals surface area (Å²) in [7, 11) is 0. The van der Waals surface area contributed by atoms with Crippen LogP contribution in [-0.2, 0) is 6.42 Å². The summed E-state index contributed by atoms with van der Waals surface area (Å²) in [5, 5.41) is 2.96. The second kappa shape index (κ2) is 12.2. The van der Waals surface area contributed by atoms with Crippen molar-refractivity contribution in [2.45, 2.75) is 33.1 Å². The lowest BCUT2D eigenvalue weighted by atomic mass is 10.1. The van der Waals surface area contributed by atoms with Crippen molar-refractivity contribution in [1.82, 2.24) is 4.90 Å². The first-order valence-corrected chi connectivity index (χ1v) is 12.8. The Morgan fingerprint density at radius 2 is 1.44 bits per heavy atom. The highest BCUT2D eigenvalue weighted by Gasteiger charge is 2.22. The third-order valence-electron chi connectivity index (χ3n) is 6.55. The first-order valence-electron chi connectivity index (χ1n) is 12.8. The molecule has 1 aliphatic heterocycles. The number of ether oxygens (including phenoxy) is 1. The fourth-order valence-electron chi connectivity index (χ4n) is 4.23. The molecule has 1 aliphatic rings. The summed E-state index contributed by atoms with van der Waals surface area (Å²) in [4.78, 5) is 29.7. The van der Waals surface area contributed by atoms with Crippen molar-refractivity contribution in [3.63, 3.8) is 0 Å². The van der Waals surface area contributed by atoms with Gasteiger partial charge in [0.25, 0.3) is 11.8 Å². The number of hydrogen-bond acceptors (Lipinski definition) is 4. The molecular weight excluding hydrogens is 450 g/mol. The Labute approximate surface area is 213 Å². The Bertz CT molecular complexity index is 1130. The zero-order valence-electron chi connectivity index (χ0n) is 21.2. The summed E-state index contributed by atoms with van der Waals surface area (Å²) in [6, 6.07) is 23.0. The number of anilines is 2. The van der Waals surface area contributed by atoms with Gasteiger partial charge in [0.15, 0.2) is 0 Å². The van der Waals surface area contributed by atoms with Crippen LogP contribution in [0.5, 0.6) is 5.75 Å². The van der Waals surface area contributed by atoms with Gasteiger partial charge in [0.1, 0.15) is 5.75 Å². The SMILES string of the molecule is CCCCOc1ccc(C(=O)Nc2ccc(N3CCN(C(=O)c4ccc(CC)cc4)CC3)cc2)cc1. The van der Waals surface area contributed by atoms with Gasteiger partial charge in [0, 0.05) is 48.7 Å². The van der Waals surface area contributed by atoms with Crippen LogP contribution in [0.3, 0.4) is 0 Å². The fraction of sp³-hybridized carbons (Fsp3) is 0.333. The quantitative estimate of drug-likeness (QED) is 0.398. The zero-order chi connectivity index (χ0) is 25.3. The molecule has 0 aromatic heterocycles. The van der Waals surface area contributed by atoms with E-state index >= 15 is 0 Å². The molecular formula is C30H35N3O3. The van der Waals surface area contributed by atoms with Crippen LogP contribution in [0, 0.1) is 0 Å². The van der Waals surface area contributed by atoms with Crippen LogP contribution in [0.1, 0.15) is 53.0 Å². The Balaban J connectivity index is 1.27. The molecule has 0 unspecified atom stereocenters. The minimum absolute atomic E-state index is 0.0934. The van der Waals surface area contributed by atoms with E-state index in [9.17, 15) is 9.59 Å². The molecule has 0 bridgehead atoms. The molecule has 3 aromatic carbocycles.